The fraction of sp³-hybridized carbons (Fsp3) is 0.333. The molecule has 84 valence electrons. The van der Waals surface area contributed by atoms with Crippen molar-refractivity contribution < 1.29 is 0 Å². The zero-order chi connectivity index (χ0) is 11.4. The number of aryl methyl sites for hydroxylation is 1. The molecule has 0 spiro atoms. The fourth-order valence-electron chi connectivity index (χ4n) is 1.68. The van der Waals surface area contributed by atoms with Crippen molar-refractivity contribution in [1.82, 2.24) is 14.5 Å². The highest BCUT2D eigenvalue weighted by Gasteiger charge is 2.04. The van der Waals surface area contributed by atoms with Gasteiger partial charge < -0.3 is 10.3 Å². The highest BCUT2D eigenvalue weighted by molar-refractivity contribution is 5.61. The Labute approximate surface area is 95.1 Å². The van der Waals surface area contributed by atoms with E-state index in [4.69, 9.17) is 5.73 Å². The summed E-state index contributed by atoms with van der Waals surface area (Å²) in [6.07, 6.45) is 7.79. The summed E-state index contributed by atoms with van der Waals surface area (Å²) in [5.74, 6) is 0.542. The minimum absolute atomic E-state index is 0.542. The number of unbranched alkanes of at least 4 members (excludes halogenated alkanes) is 1. The number of nitrogens with zero attached hydrogens (tertiary/aromatic N) is 3. The molecular formula is C12H16N4. The molecule has 0 aliphatic carbocycles. The Kier molecular flexibility index (Phi) is 3.19. The molecule has 0 atom stereocenters. The van der Waals surface area contributed by atoms with E-state index in [1.807, 2.05) is 24.7 Å². The third-order valence-electron chi connectivity index (χ3n) is 2.54. The molecular weight excluding hydrogens is 200 g/mol. The number of rotatable bonds is 4. The molecule has 0 aliphatic rings. The maximum atomic E-state index is 5.67. The summed E-state index contributed by atoms with van der Waals surface area (Å²) >= 11 is 0. The summed E-state index contributed by atoms with van der Waals surface area (Å²) < 4.78 is 2.15. The van der Waals surface area contributed by atoms with Crippen LogP contribution in [-0.4, -0.2) is 14.5 Å². The molecule has 4 heteroatoms. The van der Waals surface area contributed by atoms with Crippen molar-refractivity contribution in [2.45, 2.75) is 26.3 Å². The van der Waals surface area contributed by atoms with E-state index in [1.165, 1.54) is 6.42 Å². The van der Waals surface area contributed by atoms with Crippen LogP contribution in [0.4, 0.5) is 5.82 Å². The number of nitrogens with two attached hydrogens (primary N) is 1. The van der Waals surface area contributed by atoms with Crippen LogP contribution in [0.5, 0.6) is 0 Å². The second-order valence-corrected chi connectivity index (χ2v) is 3.80. The predicted octanol–water partition coefficient (Wildman–Crippen LogP) is 2.33. The van der Waals surface area contributed by atoms with Crippen molar-refractivity contribution >= 4 is 5.82 Å². The van der Waals surface area contributed by atoms with Crippen molar-refractivity contribution in [1.29, 1.82) is 0 Å². The Balaban J connectivity index is 2.29. The highest BCUT2D eigenvalue weighted by atomic mass is 15.0. The third kappa shape index (κ3) is 2.21. The summed E-state index contributed by atoms with van der Waals surface area (Å²) in [7, 11) is 0. The van der Waals surface area contributed by atoms with Gasteiger partial charge in [0.05, 0.1) is 18.2 Å². The van der Waals surface area contributed by atoms with E-state index in [0.29, 0.717) is 5.82 Å². The van der Waals surface area contributed by atoms with E-state index in [2.05, 4.69) is 21.5 Å². The van der Waals surface area contributed by atoms with Crippen LogP contribution < -0.4 is 5.73 Å². The molecule has 0 fully saturated rings. The largest absolute Gasteiger partial charge is 0.384 e. The third-order valence-corrected chi connectivity index (χ3v) is 2.54. The Bertz CT molecular complexity index is 462. The minimum Gasteiger partial charge on any atom is -0.384 e. The standard InChI is InChI=1S/C12H16N4/c1-2-3-6-16-9-14-8-11(16)10-4-5-15-12(13)7-10/h4-5,7-9H,2-3,6H2,1H3,(H2,13,15). The van der Waals surface area contributed by atoms with Crippen LogP contribution >= 0.6 is 0 Å². The monoisotopic (exact) mass is 216 g/mol. The normalized spacial score (nSPS) is 10.6. The number of aromatic nitrogens is 3. The average Bonchev–Trinajstić information content (AvgIpc) is 2.74. The quantitative estimate of drug-likeness (QED) is 0.853. The SMILES string of the molecule is CCCCn1cncc1-c1ccnc(N)c1. The predicted molar refractivity (Wildman–Crippen MR) is 64.8 cm³/mol. The van der Waals surface area contributed by atoms with Gasteiger partial charge in [0.1, 0.15) is 5.82 Å². The molecule has 2 aromatic rings. The van der Waals surface area contributed by atoms with Crippen LogP contribution in [0, 0.1) is 0 Å². The van der Waals surface area contributed by atoms with Crippen LogP contribution in [0.25, 0.3) is 11.3 Å². The first-order valence-electron chi connectivity index (χ1n) is 5.53. The molecule has 2 aromatic heterocycles. The summed E-state index contributed by atoms with van der Waals surface area (Å²) in [6, 6.07) is 3.83. The maximum Gasteiger partial charge on any atom is 0.123 e. The zero-order valence-corrected chi connectivity index (χ0v) is 9.43. The van der Waals surface area contributed by atoms with Gasteiger partial charge in [0.2, 0.25) is 0 Å². The second kappa shape index (κ2) is 4.79. The lowest BCUT2D eigenvalue weighted by Gasteiger charge is -2.07. The number of pyridine rings is 1. The maximum absolute atomic E-state index is 5.67. The minimum atomic E-state index is 0.542. The lowest BCUT2D eigenvalue weighted by atomic mass is 10.2. The Hall–Kier alpha value is -1.84. The number of nitrogen functional groups attached to an aromatic ring is 1. The van der Waals surface area contributed by atoms with Gasteiger partial charge in [0.15, 0.2) is 0 Å². The van der Waals surface area contributed by atoms with Crippen molar-refractivity contribution in [2.75, 3.05) is 5.73 Å². The van der Waals surface area contributed by atoms with Gasteiger partial charge in [-0.3, -0.25) is 0 Å². The molecule has 4 nitrogen and oxygen atoms in total. The lowest BCUT2D eigenvalue weighted by Crippen LogP contribution is -1.99. The first-order valence-corrected chi connectivity index (χ1v) is 5.53. The van der Waals surface area contributed by atoms with Crippen molar-refractivity contribution in [3.63, 3.8) is 0 Å². The first-order chi connectivity index (χ1) is 7.81. The fourth-order valence-corrected chi connectivity index (χ4v) is 1.68. The van der Waals surface area contributed by atoms with Gasteiger partial charge in [-0.2, -0.15) is 0 Å². The van der Waals surface area contributed by atoms with Gasteiger partial charge in [0.25, 0.3) is 0 Å². The van der Waals surface area contributed by atoms with Crippen LogP contribution in [0.15, 0.2) is 30.9 Å². The molecule has 0 bridgehead atoms. The molecule has 2 rings (SSSR count). The van der Waals surface area contributed by atoms with Crippen molar-refractivity contribution in [3.05, 3.63) is 30.9 Å². The van der Waals surface area contributed by atoms with E-state index in [0.717, 1.165) is 24.2 Å². The van der Waals surface area contributed by atoms with E-state index < -0.39 is 0 Å². The Morgan fingerprint density at radius 1 is 1.44 bits per heavy atom. The molecule has 0 amide bonds. The Morgan fingerprint density at radius 3 is 3.06 bits per heavy atom. The molecule has 0 unspecified atom stereocenters. The molecule has 2 N–H and O–H groups in total. The van der Waals surface area contributed by atoms with Gasteiger partial charge in [-0.15, -0.1) is 0 Å². The highest BCUT2D eigenvalue weighted by Crippen LogP contribution is 2.20. The topological polar surface area (TPSA) is 56.7 Å². The zero-order valence-electron chi connectivity index (χ0n) is 9.43. The summed E-state index contributed by atoms with van der Waals surface area (Å²) in [5, 5.41) is 0. The number of imidazole rings is 1. The molecule has 0 aromatic carbocycles. The molecule has 2 heterocycles. The van der Waals surface area contributed by atoms with Gasteiger partial charge >= 0.3 is 0 Å². The Morgan fingerprint density at radius 2 is 2.31 bits per heavy atom. The summed E-state index contributed by atoms with van der Waals surface area (Å²) in [6.45, 7) is 3.18. The van der Waals surface area contributed by atoms with Crippen molar-refractivity contribution in [2.24, 2.45) is 0 Å². The molecule has 16 heavy (non-hydrogen) atoms. The molecule has 0 saturated carbocycles. The van der Waals surface area contributed by atoms with E-state index in [9.17, 15) is 0 Å². The number of hydrogen-bond acceptors (Lipinski definition) is 3. The number of anilines is 1. The van der Waals surface area contributed by atoms with Crippen molar-refractivity contribution in [3.8, 4) is 11.3 Å². The molecule has 0 aliphatic heterocycles. The molecule has 0 radical (unpaired) electrons. The van der Waals surface area contributed by atoms with Gasteiger partial charge in [-0.25, -0.2) is 9.97 Å². The second-order valence-electron chi connectivity index (χ2n) is 3.80. The number of hydrogen-bond donors (Lipinski definition) is 1. The lowest BCUT2D eigenvalue weighted by molar-refractivity contribution is 0.636. The summed E-state index contributed by atoms with van der Waals surface area (Å²) in [5.41, 5.74) is 7.84. The van der Waals surface area contributed by atoms with E-state index >= 15 is 0 Å². The van der Waals surface area contributed by atoms with Crippen LogP contribution in [0.1, 0.15) is 19.8 Å². The van der Waals surface area contributed by atoms with E-state index in [-0.39, 0.29) is 0 Å². The summed E-state index contributed by atoms with van der Waals surface area (Å²) in [4.78, 5) is 8.17. The van der Waals surface area contributed by atoms with Crippen LogP contribution in [-0.2, 0) is 6.54 Å². The van der Waals surface area contributed by atoms with Crippen LogP contribution in [0.2, 0.25) is 0 Å². The van der Waals surface area contributed by atoms with E-state index in [1.54, 1.807) is 6.20 Å². The molecule has 0 saturated heterocycles. The first kappa shape index (κ1) is 10.7. The average molecular weight is 216 g/mol. The van der Waals surface area contributed by atoms with Crippen LogP contribution in [0.3, 0.4) is 0 Å². The van der Waals surface area contributed by atoms with Gasteiger partial charge in [-0.05, 0) is 18.6 Å². The van der Waals surface area contributed by atoms with Gasteiger partial charge in [0, 0.05) is 18.3 Å². The smallest absolute Gasteiger partial charge is 0.123 e. The van der Waals surface area contributed by atoms with Gasteiger partial charge in [-0.1, -0.05) is 13.3 Å².